The van der Waals surface area contributed by atoms with Gasteiger partial charge >= 0.3 is 0 Å². The molecule has 0 spiro atoms. The van der Waals surface area contributed by atoms with Crippen molar-refractivity contribution in [2.24, 2.45) is 0 Å². The lowest BCUT2D eigenvalue weighted by atomic mass is 10.3. The lowest BCUT2D eigenvalue weighted by Gasteiger charge is -2.08. The second-order valence-electron chi connectivity index (χ2n) is 4.72. The van der Waals surface area contributed by atoms with Crippen LogP contribution in [0.15, 0.2) is 53.2 Å². The van der Waals surface area contributed by atoms with Gasteiger partial charge in [0.05, 0.1) is 23.3 Å². The van der Waals surface area contributed by atoms with Crippen LogP contribution in [0.4, 0.5) is 0 Å². The zero-order chi connectivity index (χ0) is 14.7. The second-order valence-corrected chi connectivity index (χ2v) is 4.72. The maximum atomic E-state index is 11.9. The van der Waals surface area contributed by atoms with Gasteiger partial charge in [-0.1, -0.05) is 12.1 Å². The molecule has 0 radical (unpaired) electrons. The molecular weight excluding hydrogens is 266 g/mol. The van der Waals surface area contributed by atoms with Gasteiger partial charge < -0.3 is 14.7 Å². The van der Waals surface area contributed by atoms with Crippen LogP contribution in [0.25, 0.3) is 17.1 Å². The van der Waals surface area contributed by atoms with Gasteiger partial charge in [-0.15, -0.1) is 0 Å². The van der Waals surface area contributed by atoms with Gasteiger partial charge in [-0.2, -0.15) is 0 Å². The number of nitrogens with one attached hydrogen (secondary N) is 2. The highest BCUT2D eigenvalue weighted by Gasteiger charge is 2.12. The number of rotatable bonds is 4. The lowest BCUT2D eigenvalue weighted by Crippen LogP contribution is -2.25. The van der Waals surface area contributed by atoms with Crippen molar-refractivity contribution in [1.29, 1.82) is 0 Å². The SMILES string of the molecule is CC(NC(=O)C=Cc1ccco1)c1nc2ccccc2[nH]1. The fraction of sp³-hybridized carbons (Fsp3) is 0.125. The van der Waals surface area contributed by atoms with E-state index < -0.39 is 0 Å². The van der Waals surface area contributed by atoms with Crippen LogP contribution in [0, 0.1) is 0 Å². The van der Waals surface area contributed by atoms with Crippen LogP contribution in [0.2, 0.25) is 0 Å². The van der Waals surface area contributed by atoms with Crippen molar-refractivity contribution in [3.05, 3.63) is 60.3 Å². The number of carbonyl (C=O) groups excluding carboxylic acids is 1. The number of nitrogens with zero attached hydrogens (tertiary/aromatic N) is 1. The van der Waals surface area contributed by atoms with Gasteiger partial charge in [0, 0.05) is 6.08 Å². The molecule has 21 heavy (non-hydrogen) atoms. The molecule has 0 aliphatic heterocycles. The predicted molar refractivity (Wildman–Crippen MR) is 80.4 cm³/mol. The van der Waals surface area contributed by atoms with Gasteiger partial charge in [0.15, 0.2) is 0 Å². The first-order chi connectivity index (χ1) is 10.2. The second kappa shape index (κ2) is 5.66. The van der Waals surface area contributed by atoms with E-state index in [1.807, 2.05) is 31.2 Å². The number of para-hydroxylation sites is 2. The summed E-state index contributed by atoms with van der Waals surface area (Å²) in [6.45, 7) is 1.89. The van der Waals surface area contributed by atoms with Gasteiger partial charge in [0.2, 0.25) is 5.91 Å². The Balaban J connectivity index is 1.67. The van der Waals surface area contributed by atoms with Gasteiger partial charge in [0.25, 0.3) is 0 Å². The number of hydrogen-bond acceptors (Lipinski definition) is 3. The Morgan fingerprint density at radius 3 is 2.95 bits per heavy atom. The molecule has 1 unspecified atom stereocenters. The summed E-state index contributed by atoms with van der Waals surface area (Å²) in [7, 11) is 0. The number of furan rings is 1. The molecule has 0 aliphatic rings. The normalized spacial score (nSPS) is 12.8. The van der Waals surface area contributed by atoms with Gasteiger partial charge in [0.1, 0.15) is 11.6 Å². The van der Waals surface area contributed by atoms with E-state index in [9.17, 15) is 4.79 Å². The van der Waals surface area contributed by atoms with Crippen molar-refractivity contribution in [3.8, 4) is 0 Å². The number of hydrogen-bond donors (Lipinski definition) is 2. The number of amides is 1. The van der Waals surface area contributed by atoms with Crippen LogP contribution in [-0.2, 0) is 4.79 Å². The highest BCUT2D eigenvalue weighted by atomic mass is 16.3. The van der Waals surface area contributed by atoms with Crippen molar-refractivity contribution in [2.45, 2.75) is 13.0 Å². The molecule has 1 amide bonds. The van der Waals surface area contributed by atoms with Crippen molar-refractivity contribution >= 4 is 23.0 Å². The first-order valence-electron chi connectivity index (χ1n) is 6.69. The van der Waals surface area contributed by atoms with Crippen LogP contribution in [0.3, 0.4) is 0 Å². The van der Waals surface area contributed by atoms with E-state index in [1.54, 1.807) is 24.5 Å². The average Bonchev–Trinajstić information content (AvgIpc) is 3.14. The van der Waals surface area contributed by atoms with Crippen LogP contribution >= 0.6 is 0 Å². The number of aromatic nitrogens is 2. The third kappa shape index (κ3) is 3.02. The zero-order valence-electron chi connectivity index (χ0n) is 11.5. The summed E-state index contributed by atoms with van der Waals surface area (Å²) in [5, 5.41) is 2.86. The van der Waals surface area contributed by atoms with E-state index in [1.165, 1.54) is 6.08 Å². The molecule has 1 aromatic carbocycles. The standard InChI is InChI=1S/C16H15N3O2/c1-11(16-18-13-6-2-3-7-14(13)19-16)17-15(20)9-8-12-5-4-10-21-12/h2-11H,1H3,(H,17,20)(H,18,19). The van der Waals surface area contributed by atoms with E-state index in [4.69, 9.17) is 4.42 Å². The fourth-order valence-corrected chi connectivity index (χ4v) is 2.05. The van der Waals surface area contributed by atoms with Gasteiger partial charge in [-0.25, -0.2) is 4.98 Å². The van der Waals surface area contributed by atoms with Crippen LogP contribution in [-0.4, -0.2) is 15.9 Å². The highest BCUT2D eigenvalue weighted by molar-refractivity contribution is 5.91. The molecule has 0 fully saturated rings. The number of benzene rings is 1. The number of fused-ring (bicyclic) bond motifs is 1. The molecule has 3 rings (SSSR count). The van der Waals surface area contributed by atoms with E-state index in [-0.39, 0.29) is 11.9 Å². The molecule has 0 saturated carbocycles. The number of H-pyrrole nitrogens is 1. The van der Waals surface area contributed by atoms with Crippen LogP contribution in [0.5, 0.6) is 0 Å². The molecular formula is C16H15N3O2. The van der Waals surface area contributed by atoms with Crippen molar-refractivity contribution < 1.29 is 9.21 Å². The van der Waals surface area contributed by atoms with Crippen LogP contribution < -0.4 is 5.32 Å². The minimum absolute atomic E-state index is 0.195. The number of aromatic amines is 1. The molecule has 3 aromatic rings. The Morgan fingerprint density at radius 2 is 2.19 bits per heavy atom. The minimum atomic E-state index is -0.203. The Bertz CT molecular complexity index is 739. The minimum Gasteiger partial charge on any atom is -0.465 e. The molecule has 2 aromatic heterocycles. The molecule has 5 heteroatoms. The highest BCUT2D eigenvalue weighted by Crippen LogP contribution is 2.15. The molecule has 0 saturated heterocycles. The molecule has 2 heterocycles. The summed E-state index contributed by atoms with van der Waals surface area (Å²) in [4.78, 5) is 19.5. The molecule has 0 bridgehead atoms. The van der Waals surface area contributed by atoms with Crippen LogP contribution in [0.1, 0.15) is 24.6 Å². The smallest absolute Gasteiger partial charge is 0.244 e. The van der Waals surface area contributed by atoms with Crippen molar-refractivity contribution in [2.75, 3.05) is 0 Å². The largest absolute Gasteiger partial charge is 0.465 e. The zero-order valence-corrected chi connectivity index (χ0v) is 11.5. The number of imidazole rings is 1. The topological polar surface area (TPSA) is 70.9 Å². The fourth-order valence-electron chi connectivity index (χ4n) is 2.05. The predicted octanol–water partition coefficient (Wildman–Crippen LogP) is 3.05. The molecule has 5 nitrogen and oxygen atoms in total. The summed E-state index contributed by atoms with van der Waals surface area (Å²) in [5.41, 5.74) is 1.85. The Labute approximate surface area is 121 Å². The van der Waals surface area contributed by atoms with Gasteiger partial charge in [-0.05, 0) is 37.3 Å². The Kier molecular flexibility index (Phi) is 3.55. The third-order valence-electron chi connectivity index (χ3n) is 3.12. The Morgan fingerprint density at radius 1 is 1.33 bits per heavy atom. The lowest BCUT2D eigenvalue weighted by molar-refractivity contribution is -0.117. The summed E-state index contributed by atoms with van der Waals surface area (Å²) >= 11 is 0. The summed E-state index contributed by atoms with van der Waals surface area (Å²) < 4.78 is 5.13. The molecule has 2 N–H and O–H groups in total. The first-order valence-corrected chi connectivity index (χ1v) is 6.69. The maximum Gasteiger partial charge on any atom is 0.244 e. The average molecular weight is 281 g/mol. The quantitative estimate of drug-likeness (QED) is 0.722. The van der Waals surface area contributed by atoms with Gasteiger partial charge in [-0.3, -0.25) is 4.79 Å². The Hall–Kier alpha value is -2.82. The van der Waals surface area contributed by atoms with Crippen molar-refractivity contribution in [3.63, 3.8) is 0 Å². The molecule has 0 aliphatic carbocycles. The first kappa shape index (κ1) is 13.2. The van der Waals surface area contributed by atoms with E-state index in [2.05, 4.69) is 15.3 Å². The third-order valence-corrected chi connectivity index (χ3v) is 3.12. The summed E-state index contributed by atoms with van der Waals surface area (Å²) in [5.74, 6) is 1.18. The van der Waals surface area contributed by atoms with E-state index >= 15 is 0 Å². The summed E-state index contributed by atoms with van der Waals surface area (Å²) in [6, 6.07) is 11.1. The number of carbonyl (C=O) groups is 1. The van der Waals surface area contributed by atoms with Crippen molar-refractivity contribution in [1.82, 2.24) is 15.3 Å². The molecule has 1 atom stereocenters. The monoisotopic (exact) mass is 281 g/mol. The maximum absolute atomic E-state index is 11.9. The van der Waals surface area contributed by atoms with E-state index in [0.29, 0.717) is 5.76 Å². The molecule has 106 valence electrons. The summed E-state index contributed by atoms with van der Waals surface area (Å²) in [6.07, 6.45) is 4.63. The van der Waals surface area contributed by atoms with E-state index in [0.717, 1.165) is 16.9 Å².